The molecule has 2 aliphatic rings. The number of carbonyl (C=O) groups excluding carboxylic acids is 1. The van der Waals surface area contributed by atoms with E-state index < -0.39 is 0 Å². The Labute approximate surface area is 131 Å². The molecule has 2 saturated heterocycles. The fraction of sp³-hybridized carbons (Fsp3) is 0.588. The van der Waals surface area contributed by atoms with E-state index in [2.05, 4.69) is 15.5 Å². The van der Waals surface area contributed by atoms with Gasteiger partial charge in [0.15, 0.2) is 0 Å². The predicted molar refractivity (Wildman–Crippen MR) is 83.9 cm³/mol. The fourth-order valence-corrected chi connectivity index (χ4v) is 3.41. The molecule has 22 heavy (non-hydrogen) atoms. The zero-order valence-corrected chi connectivity index (χ0v) is 12.9. The van der Waals surface area contributed by atoms with E-state index in [-0.39, 0.29) is 23.8 Å². The Morgan fingerprint density at radius 1 is 1.27 bits per heavy atom. The van der Waals surface area contributed by atoms with Crippen LogP contribution in [-0.2, 0) is 11.3 Å². The number of carbonyl (C=O) groups is 1. The second-order valence-corrected chi connectivity index (χ2v) is 6.31. The van der Waals surface area contributed by atoms with E-state index in [1.54, 1.807) is 12.1 Å². The first-order valence-electron chi connectivity index (χ1n) is 8.22. The summed E-state index contributed by atoms with van der Waals surface area (Å²) in [6.45, 7) is 3.56. The van der Waals surface area contributed by atoms with Crippen LogP contribution >= 0.6 is 0 Å². The minimum Gasteiger partial charge on any atom is -0.351 e. The average Bonchev–Trinajstić information content (AvgIpc) is 2.99. The third-order valence-electron chi connectivity index (χ3n) is 4.61. The second-order valence-electron chi connectivity index (χ2n) is 6.31. The third kappa shape index (κ3) is 3.84. The summed E-state index contributed by atoms with van der Waals surface area (Å²) in [5.74, 6) is -0.0717. The summed E-state index contributed by atoms with van der Waals surface area (Å²) in [6.07, 6.45) is 4.13. The molecule has 0 aromatic heterocycles. The zero-order valence-electron chi connectivity index (χ0n) is 12.9. The number of nitrogens with one attached hydrogen (secondary N) is 2. The second kappa shape index (κ2) is 7.20. The van der Waals surface area contributed by atoms with Crippen LogP contribution in [0.2, 0.25) is 0 Å². The van der Waals surface area contributed by atoms with Gasteiger partial charge in [-0.25, -0.2) is 4.39 Å². The van der Waals surface area contributed by atoms with Crippen LogP contribution in [0, 0.1) is 5.82 Å². The van der Waals surface area contributed by atoms with E-state index in [4.69, 9.17) is 0 Å². The molecule has 2 atom stereocenters. The van der Waals surface area contributed by atoms with Crippen LogP contribution in [0.25, 0.3) is 0 Å². The maximum atomic E-state index is 13.0. The number of hydrogen-bond acceptors (Lipinski definition) is 3. The van der Waals surface area contributed by atoms with Crippen molar-refractivity contribution < 1.29 is 9.18 Å². The van der Waals surface area contributed by atoms with Gasteiger partial charge in [-0.1, -0.05) is 12.1 Å². The maximum Gasteiger partial charge on any atom is 0.237 e. The van der Waals surface area contributed by atoms with Gasteiger partial charge in [0.2, 0.25) is 5.91 Å². The van der Waals surface area contributed by atoms with E-state index >= 15 is 0 Å². The molecule has 1 amide bonds. The highest BCUT2D eigenvalue weighted by Crippen LogP contribution is 2.21. The SMILES string of the molecule is O=C(N[C@H]1CCCNC1)C1CCCN1Cc1ccc(F)cc1. The van der Waals surface area contributed by atoms with Crippen LogP contribution in [0.15, 0.2) is 24.3 Å². The lowest BCUT2D eigenvalue weighted by Gasteiger charge is -2.28. The molecule has 0 aliphatic carbocycles. The van der Waals surface area contributed by atoms with Crippen LogP contribution < -0.4 is 10.6 Å². The number of piperidine rings is 1. The zero-order chi connectivity index (χ0) is 15.4. The first kappa shape index (κ1) is 15.4. The molecule has 0 saturated carbocycles. The lowest BCUT2D eigenvalue weighted by Crippen LogP contribution is -2.51. The number of amides is 1. The quantitative estimate of drug-likeness (QED) is 0.889. The molecule has 2 aliphatic heterocycles. The van der Waals surface area contributed by atoms with Crippen LogP contribution in [0.3, 0.4) is 0 Å². The standard InChI is InChI=1S/C17H24FN3O/c18-14-7-5-13(6-8-14)12-21-10-2-4-16(21)17(22)20-15-3-1-9-19-11-15/h5-8,15-16,19H,1-4,9-12H2,(H,20,22)/t15-,16?/m0/s1. The van der Waals surface area contributed by atoms with Crippen molar-refractivity contribution in [2.75, 3.05) is 19.6 Å². The van der Waals surface area contributed by atoms with Crippen LogP contribution in [0.4, 0.5) is 4.39 Å². The highest BCUT2D eigenvalue weighted by molar-refractivity contribution is 5.82. The lowest BCUT2D eigenvalue weighted by atomic mass is 10.1. The molecule has 0 spiro atoms. The van der Waals surface area contributed by atoms with Crippen molar-refractivity contribution in [1.82, 2.24) is 15.5 Å². The number of halogens is 1. The molecule has 2 fully saturated rings. The predicted octanol–water partition coefficient (Wildman–Crippen LogP) is 1.66. The van der Waals surface area contributed by atoms with Crippen LogP contribution in [-0.4, -0.2) is 42.5 Å². The summed E-state index contributed by atoms with van der Waals surface area (Å²) in [5.41, 5.74) is 1.06. The Morgan fingerprint density at radius 3 is 2.82 bits per heavy atom. The summed E-state index contributed by atoms with van der Waals surface area (Å²) < 4.78 is 13.0. The molecule has 0 radical (unpaired) electrons. The van der Waals surface area contributed by atoms with E-state index in [1.807, 2.05) is 0 Å². The van der Waals surface area contributed by atoms with Gasteiger partial charge in [0.1, 0.15) is 5.82 Å². The summed E-state index contributed by atoms with van der Waals surface area (Å²) in [4.78, 5) is 14.7. The minimum absolute atomic E-state index is 0.0491. The first-order valence-corrected chi connectivity index (χ1v) is 8.22. The molecule has 1 aromatic rings. The molecule has 3 rings (SSSR count). The van der Waals surface area contributed by atoms with Gasteiger partial charge in [-0.15, -0.1) is 0 Å². The van der Waals surface area contributed by atoms with Gasteiger partial charge in [-0.05, 0) is 56.5 Å². The maximum absolute atomic E-state index is 13.0. The molecule has 2 N–H and O–H groups in total. The highest BCUT2D eigenvalue weighted by atomic mass is 19.1. The van der Waals surface area contributed by atoms with Crippen molar-refractivity contribution in [3.63, 3.8) is 0 Å². The highest BCUT2D eigenvalue weighted by Gasteiger charge is 2.31. The van der Waals surface area contributed by atoms with Crippen LogP contribution in [0.5, 0.6) is 0 Å². The molecular weight excluding hydrogens is 281 g/mol. The van der Waals surface area contributed by atoms with E-state index in [0.717, 1.165) is 50.9 Å². The Kier molecular flexibility index (Phi) is 5.05. The number of nitrogens with zero attached hydrogens (tertiary/aromatic N) is 1. The smallest absolute Gasteiger partial charge is 0.237 e. The lowest BCUT2D eigenvalue weighted by molar-refractivity contribution is -0.126. The summed E-state index contributed by atoms with van der Waals surface area (Å²) in [6, 6.07) is 6.77. The number of rotatable bonds is 4. The van der Waals surface area contributed by atoms with Gasteiger partial charge < -0.3 is 10.6 Å². The molecule has 2 heterocycles. The topological polar surface area (TPSA) is 44.4 Å². The Bertz CT molecular complexity index is 499. The first-order chi connectivity index (χ1) is 10.7. The van der Waals surface area contributed by atoms with Crippen molar-refractivity contribution in [2.45, 2.75) is 44.3 Å². The van der Waals surface area contributed by atoms with E-state index in [1.165, 1.54) is 12.1 Å². The third-order valence-corrected chi connectivity index (χ3v) is 4.61. The van der Waals surface area contributed by atoms with Gasteiger partial charge in [0, 0.05) is 19.1 Å². The number of hydrogen-bond donors (Lipinski definition) is 2. The van der Waals surface area contributed by atoms with Gasteiger partial charge >= 0.3 is 0 Å². The van der Waals surface area contributed by atoms with Gasteiger partial charge in [0.25, 0.3) is 0 Å². The molecule has 1 aromatic carbocycles. The monoisotopic (exact) mass is 305 g/mol. The molecule has 4 nitrogen and oxygen atoms in total. The number of benzene rings is 1. The van der Waals surface area contributed by atoms with Gasteiger partial charge in [0.05, 0.1) is 6.04 Å². The largest absolute Gasteiger partial charge is 0.351 e. The van der Waals surface area contributed by atoms with Crippen molar-refractivity contribution in [3.8, 4) is 0 Å². The Hall–Kier alpha value is -1.46. The Morgan fingerprint density at radius 2 is 2.09 bits per heavy atom. The summed E-state index contributed by atoms with van der Waals surface area (Å²) >= 11 is 0. The Balaban J connectivity index is 1.57. The van der Waals surface area contributed by atoms with Crippen molar-refractivity contribution in [1.29, 1.82) is 0 Å². The molecular formula is C17H24FN3O. The molecule has 1 unspecified atom stereocenters. The van der Waals surface area contributed by atoms with Crippen molar-refractivity contribution >= 4 is 5.91 Å². The number of likely N-dealkylation sites (tertiary alicyclic amines) is 1. The van der Waals surface area contributed by atoms with Crippen molar-refractivity contribution in [2.24, 2.45) is 0 Å². The van der Waals surface area contributed by atoms with Crippen molar-refractivity contribution in [3.05, 3.63) is 35.6 Å². The summed E-state index contributed by atoms with van der Waals surface area (Å²) in [5, 5.41) is 6.51. The molecule has 5 heteroatoms. The van der Waals surface area contributed by atoms with Gasteiger partial charge in [-0.3, -0.25) is 9.69 Å². The fourth-order valence-electron chi connectivity index (χ4n) is 3.41. The molecule has 120 valence electrons. The summed E-state index contributed by atoms with van der Waals surface area (Å²) in [7, 11) is 0. The molecule has 0 bridgehead atoms. The van der Waals surface area contributed by atoms with Crippen LogP contribution in [0.1, 0.15) is 31.2 Å². The van der Waals surface area contributed by atoms with E-state index in [9.17, 15) is 9.18 Å². The normalized spacial score (nSPS) is 26.0. The minimum atomic E-state index is -0.218. The van der Waals surface area contributed by atoms with Gasteiger partial charge in [-0.2, -0.15) is 0 Å². The van der Waals surface area contributed by atoms with E-state index in [0.29, 0.717) is 6.54 Å². The average molecular weight is 305 g/mol.